The third kappa shape index (κ3) is 7.63. The van der Waals surface area contributed by atoms with Gasteiger partial charge in [0.15, 0.2) is 17.5 Å². The van der Waals surface area contributed by atoms with Crippen LogP contribution >= 0.6 is 24.0 Å². The number of halogens is 1. The lowest BCUT2D eigenvalue weighted by molar-refractivity contribution is 0.0133. The van der Waals surface area contributed by atoms with Crippen molar-refractivity contribution in [2.45, 2.75) is 26.3 Å². The number of ether oxygens (including phenoxy) is 3. The number of guanidine groups is 1. The van der Waals surface area contributed by atoms with E-state index in [2.05, 4.69) is 34.4 Å². The number of nitrogens with one attached hydrogen (secondary N) is 2. The van der Waals surface area contributed by atoms with Crippen LogP contribution in [0.25, 0.3) is 0 Å². The molecule has 1 atom stereocenters. The Morgan fingerprint density at radius 2 is 1.86 bits per heavy atom. The highest BCUT2D eigenvalue weighted by Crippen LogP contribution is 2.29. The van der Waals surface area contributed by atoms with Crippen LogP contribution in [0.5, 0.6) is 11.5 Å². The van der Waals surface area contributed by atoms with Crippen LogP contribution in [0.3, 0.4) is 0 Å². The summed E-state index contributed by atoms with van der Waals surface area (Å²) in [5.74, 6) is 2.77. The van der Waals surface area contributed by atoms with Gasteiger partial charge in [0.25, 0.3) is 0 Å². The number of morpholine rings is 1. The summed E-state index contributed by atoms with van der Waals surface area (Å²) in [6.07, 6.45) is 1.14. The molecule has 1 fully saturated rings. The van der Waals surface area contributed by atoms with Crippen molar-refractivity contribution in [2.75, 3.05) is 59.4 Å². The second-order valence-electron chi connectivity index (χ2n) is 7.08. The smallest absolute Gasteiger partial charge is 0.195 e. The molecule has 0 radical (unpaired) electrons. The Hall–Kier alpha value is -1.26. The van der Waals surface area contributed by atoms with Gasteiger partial charge in [0.05, 0.1) is 27.4 Å². The van der Waals surface area contributed by atoms with Gasteiger partial charge in [-0.2, -0.15) is 0 Å². The first-order valence-electron chi connectivity index (χ1n) is 9.58. The van der Waals surface area contributed by atoms with E-state index >= 15 is 0 Å². The molecule has 1 aliphatic rings. The zero-order chi connectivity index (χ0) is 19.6. The van der Waals surface area contributed by atoms with E-state index in [9.17, 15) is 0 Å². The van der Waals surface area contributed by atoms with Crippen LogP contribution in [-0.2, 0) is 4.74 Å². The van der Waals surface area contributed by atoms with E-state index in [-0.39, 0.29) is 24.0 Å². The van der Waals surface area contributed by atoms with Gasteiger partial charge in [0, 0.05) is 44.5 Å². The minimum absolute atomic E-state index is 0. The maximum Gasteiger partial charge on any atom is 0.195 e. The van der Waals surface area contributed by atoms with Gasteiger partial charge in [-0.15, -0.1) is 24.0 Å². The summed E-state index contributed by atoms with van der Waals surface area (Å²) in [6, 6.07) is 6.18. The molecule has 160 valence electrons. The molecule has 1 saturated heterocycles. The van der Waals surface area contributed by atoms with Gasteiger partial charge < -0.3 is 24.8 Å². The van der Waals surface area contributed by atoms with Crippen molar-refractivity contribution in [3.63, 3.8) is 0 Å². The maximum absolute atomic E-state index is 5.50. The lowest BCUT2D eigenvalue weighted by atomic mass is 10.0. The third-order valence-corrected chi connectivity index (χ3v) is 4.68. The summed E-state index contributed by atoms with van der Waals surface area (Å²) in [5, 5.41) is 6.80. The van der Waals surface area contributed by atoms with Crippen molar-refractivity contribution < 1.29 is 14.2 Å². The van der Waals surface area contributed by atoms with Crippen LogP contribution in [0.4, 0.5) is 5.69 Å². The molecule has 7 nitrogen and oxygen atoms in total. The van der Waals surface area contributed by atoms with Crippen molar-refractivity contribution in [2.24, 2.45) is 10.9 Å². The molecular formula is C20H35IN4O3. The lowest BCUT2D eigenvalue weighted by Crippen LogP contribution is -2.50. The molecule has 28 heavy (non-hydrogen) atoms. The van der Waals surface area contributed by atoms with Gasteiger partial charge in [0.2, 0.25) is 0 Å². The number of hydrogen-bond acceptors (Lipinski definition) is 5. The average Bonchev–Trinajstić information content (AvgIpc) is 2.70. The molecule has 0 bridgehead atoms. The van der Waals surface area contributed by atoms with Crippen LogP contribution in [0.2, 0.25) is 0 Å². The molecule has 0 aromatic heterocycles. The Bertz CT molecular complexity index is 607. The molecule has 1 unspecified atom stereocenters. The predicted molar refractivity (Wildman–Crippen MR) is 126 cm³/mol. The normalized spacial score (nSPS) is 16.3. The number of rotatable bonds is 8. The van der Waals surface area contributed by atoms with Crippen LogP contribution in [0.15, 0.2) is 23.2 Å². The summed E-state index contributed by atoms with van der Waals surface area (Å²) >= 11 is 0. The third-order valence-electron chi connectivity index (χ3n) is 4.68. The zero-order valence-electron chi connectivity index (χ0n) is 17.7. The van der Waals surface area contributed by atoms with Crippen LogP contribution < -0.4 is 20.1 Å². The molecule has 0 spiro atoms. The summed E-state index contributed by atoms with van der Waals surface area (Å²) in [6.45, 7) is 8.97. The first-order chi connectivity index (χ1) is 13.1. The number of nitrogens with zero attached hydrogens (tertiary/aromatic N) is 2. The monoisotopic (exact) mass is 506 g/mol. The van der Waals surface area contributed by atoms with Crippen LogP contribution in [0, 0.1) is 5.92 Å². The fraction of sp³-hybridized carbons (Fsp3) is 0.650. The largest absolute Gasteiger partial charge is 0.493 e. The molecule has 8 heteroatoms. The molecular weight excluding hydrogens is 471 g/mol. The Kier molecular flexibility index (Phi) is 11.6. The summed E-state index contributed by atoms with van der Waals surface area (Å²) < 4.78 is 16.2. The fourth-order valence-corrected chi connectivity index (χ4v) is 3.29. The molecule has 1 aliphatic heterocycles. The number of anilines is 1. The SMILES string of the molecule is CN=C(NCC(CC(C)C)N1CCOCC1)Nc1ccc(OC)c(OC)c1.I. The molecule has 2 N–H and O–H groups in total. The van der Waals surface area contributed by atoms with Crippen molar-refractivity contribution >= 4 is 35.6 Å². The predicted octanol–water partition coefficient (Wildman–Crippen LogP) is 3.06. The minimum Gasteiger partial charge on any atom is -0.493 e. The standard InChI is InChI=1S/C20H34N4O3.HI/c1-15(2)12-17(24-8-10-27-11-9-24)14-22-20(21-3)23-16-6-7-18(25-4)19(13-16)26-5;/h6-7,13,15,17H,8-12,14H2,1-5H3,(H2,21,22,23);1H. The second-order valence-corrected chi connectivity index (χ2v) is 7.08. The molecule has 0 amide bonds. The second kappa shape index (κ2) is 13.1. The molecule has 2 rings (SSSR count). The van der Waals surface area contributed by atoms with Gasteiger partial charge >= 0.3 is 0 Å². The van der Waals surface area contributed by atoms with E-state index in [0.29, 0.717) is 23.5 Å². The number of hydrogen-bond donors (Lipinski definition) is 2. The number of aliphatic imine (C=N–C) groups is 1. The molecule has 1 aromatic carbocycles. The first kappa shape index (κ1) is 24.8. The molecule has 0 aliphatic carbocycles. The van der Waals surface area contributed by atoms with E-state index in [4.69, 9.17) is 14.2 Å². The van der Waals surface area contributed by atoms with E-state index in [1.807, 2.05) is 18.2 Å². The Balaban J connectivity index is 0.00000392. The summed E-state index contributed by atoms with van der Waals surface area (Å²) in [7, 11) is 5.04. The quantitative estimate of drug-likeness (QED) is 0.321. The Labute approximate surface area is 186 Å². The Morgan fingerprint density at radius 1 is 1.18 bits per heavy atom. The van der Waals surface area contributed by atoms with Crippen LogP contribution in [0.1, 0.15) is 20.3 Å². The number of benzene rings is 1. The van der Waals surface area contributed by atoms with E-state index in [0.717, 1.165) is 50.9 Å². The topological polar surface area (TPSA) is 67.4 Å². The van der Waals surface area contributed by atoms with Crippen molar-refractivity contribution in [3.05, 3.63) is 18.2 Å². The van der Waals surface area contributed by atoms with E-state index in [1.54, 1.807) is 21.3 Å². The highest BCUT2D eigenvalue weighted by atomic mass is 127. The highest BCUT2D eigenvalue weighted by molar-refractivity contribution is 14.0. The fourth-order valence-electron chi connectivity index (χ4n) is 3.29. The van der Waals surface area contributed by atoms with Crippen LogP contribution in [-0.4, -0.2) is 71.0 Å². The van der Waals surface area contributed by atoms with Crippen molar-refractivity contribution in [1.29, 1.82) is 0 Å². The van der Waals surface area contributed by atoms with Gasteiger partial charge in [-0.05, 0) is 24.5 Å². The maximum atomic E-state index is 5.50. The average molecular weight is 506 g/mol. The Morgan fingerprint density at radius 3 is 2.43 bits per heavy atom. The van der Waals surface area contributed by atoms with Gasteiger partial charge in [-0.1, -0.05) is 13.8 Å². The number of methoxy groups -OCH3 is 2. The van der Waals surface area contributed by atoms with Gasteiger partial charge in [0.1, 0.15) is 0 Å². The summed E-state index contributed by atoms with van der Waals surface area (Å²) in [4.78, 5) is 6.87. The molecule has 1 aromatic rings. The van der Waals surface area contributed by atoms with Crippen molar-refractivity contribution in [1.82, 2.24) is 10.2 Å². The lowest BCUT2D eigenvalue weighted by Gasteiger charge is -2.35. The molecule has 1 heterocycles. The van der Waals surface area contributed by atoms with E-state index < -0.39 is 0 Å². The first-order valence-corrected chi connectivity index (χ1v) is 9.58. The highest BCUT2D eigenvalue weighted by Gasteiger charge is 2.22. The zero-order valence-corrected chi connectivity index (χ0v) is 20.0. The molecule has 0 saturated carbocycles. The summed E-state index contributed by atoms with van der Waals surface area (Å²) in [5.41, 5.74) is 0.896. The minimum atomic E-state index is 0. The van der Waals surface area contributed by atoms with Gasteiger partial charge in [-0.25, -0.2) is 0 Å². The van der Waals surface area contributed by atoms with Crippen molar-refractivity contribution in [3.8, 4) is 11.5 Å². The van der Waals surface area contributed by atoms with E-state index in [1.165, 1.54) is 0 Å². The van der Waals surface area contributed by atoms with Gasteiger partial charge in [-0.3, -0.25) is 9.89 Å².